The summed E-state index contributed by atoms with van der Waals surface area (Å²) in [6, 6.07) is 1.46. The van der Waals surface area contributed by atoms with Crippen LogP contribution in [0.1, 0.15) is 20.1 Å². The molecule has 0 saturated carbocycles. The first kappa shape index (κ1) is 12.9. The molecule has 2 heterocycles. The summed E-state index contributed by atoms with van der Waals surface area (Å²) in [5.74, 6) is -2.98. The number of amides is 1. The van der Waals surface area contributed by atoms with Crippen LogP contribution in [0.5, 0.6) is 0 Å². The van der Waals surface area contributed by atoms with Gasteiger partial charge in [0.2, 0.25) is 0 Å². The van der Waals surface area contributed by atoms with Crippen LogP contribution in [-0.4, -0.2) is 34.6 Å². The zero-order valence-corrected chi connectivity index (χ0v) is 9.77. The molecule has 0 aliphatic carbocycles. The average Bonchev–Trinajstić information content (AvgIpc) is 2.69. The maximum Gasteiger partial charge on any atom is 0.471 e. The van der Waals surface area contributed by atoms with E-state index in [0.717, 1.165) is 11.3 Å². The molecule has 1 amide bonds. The lowest BCUT2D eigenvalue weighted by Gasteiger charge is -2.27. The summed E-state index contributed by atoms with van der Waals surface area (Å²) in [6.45, 7) is -0.216. The van der Waals surface area contributed by atoms with Crippen LogP contribution >= 0.6 is 11.3 Å². The molecule has 0 spiro atoms. The molecule has 0 bridgehead atoms. The van der Waals surface area contributed by atoms with Gasteiger partial charge in [-0.2, -0.15) is 13.2 Å². The Bertz CT molecular complexity index is 509. The van der Waals surface area contributed by atoms with Crippen molar-refractivity contribution in [1.82, 2.24) is 4.90 Å². The van der Waals surface area contributed by atoms with Crippen LogP contribution in [0.25, 0.3) is 0 Å². The predicted molar refractivity (Wildman–Crippen MR) is 56.5 cm³/mol. The van der Waals surface area contributed by atoms with E-state index in [9.17, 15) is 22.8 Å². The third kappa shape index (κ3) is 2.33. The third-order valence-electron chi connectivity index (χ3n) is 2.62. The second-order valence-corrected chi connectivity index (χ2v) is 4.98. The standard InChI is InChI=1S/C10H8F3NO3S/c11-10(12,13)9(17)14-2-1-5-3-6(8(15)16)18-7(5)4-14/h3H,1-2,4H2,(H,15,16). The van der Waals surface area contributed by atoms with Crippen LogP contribution in [0.15, 0.2) is 6.07 Å². The number of carbonyl (C=O) groups is 2. The van der Waals surface area contributed by atoms with E-state index in [4.69, 9.17) is 5.11 Å². The Hall–Kier alpha value is -1.57. The first-order chi connectivity index (χ1) is 8.29. The Morgan fingerprint density at radius 1 is 1.39 bits per heavy atom. The van der Waals surface area contributed by atoms with Gasteiger partial charge in [-0.15, -0.1) is 11.3 Å². The van der Waals surface area contributed by atoms with E-state index in [-0.39, 0.29) is 24.4 Å². The van der Waals surface area contributed by atoms with E-state index >= 15 is 0 Å². The maximum atomic E-state index is 12.3. The lowest BCUT2D eigenvalue weighted by molar-refractivity contribution is -0.186. The van der Waals surface area contributed by atoms with Crippen molar-refractivity contribution < 1.29 is 27.9 Å². The zero-order chi connectivity index (χ0) is 13.5. The number of nitrogens with zero attached hydrogens (tertiary/aromatic N) is 1. The van der Waals surface area contributed by atoms with Gasteiger partial charge in [0.15, 0.2) is 0 Å². The monoisotopic (exact) mass is 279 g/mol. The van der Waals surface area contributed by atoms with Gasteiger partial charge >= 0.3 is 18.1 Å². The highest BCUT2D eigenvalue weighted by atomic mass is 32.1. The van der Waals surface area contributed by atoms with E-state index in [0.29, 0.717) is 15.3 Å². The second kappa shape index (κ2) is 4.27. The topological polar surface area (TPSA) is 57.6 Å². The van der Waals surface area contributed by atoms with Crippen LogP contribution in [0.4, 0.5) is 13.2 Å². The predicted octanol–water partition coefficient (Wildman–Crippen LogP) is 1.89. The SMILES string of the molecule is O=C(O)c1cc2c(s1)CN(C(=O)C(F)(F)F)CC2. The van der Waals surface area contributed by atoms with E-state index in [1.807, 2.05) is 0 Å². The highest BCUT2D eigenvalue weighted by Gasteiger charge is 2.43. The van der Waals surface area contributed by atoms with Gasteiger partial charge in [0.25, 0.3) is 0 Å². The van der Waals surface area contributed by atoms with Crippen LogP contribution in [0.2, 0.25) is 0 Å². The van der Waals surface area contributed by atoms with Crippen molar-refractivity contribution in [2.24, 2.45) is 0 Å². The Balaban J connectivity index is 2.20. The van der Waals surface area contributed by atoms with E-state index in [2.05, 4.69) is 0 Å². The fourth-order valence-electron chi connectivity index (χ4n) is 1.78. The van der Waals surface area contributed by atoms with Crippen LogP contribution < -0.4 is 0 Å². The Labute approximate surface area is 104 Å². The van der Waals surface area contributed by atoms with Gasteiger partial charge in [-0.1, -0.05) is 0 Å². The fraction of sp³-hybridized carbons (Fsp3) is 0.400. The van der Waals surface area contributed by atoms with E-state index < -0.39 is 18.1 Å². The molecule has 8 heteroatoms. The van der Waals surface area contributed by atoms with Crippen molar-refractivity contribution >= 4 is 23.2 Å². The summed E-state index contributed by atoms with van der Waals surface area (Å²) < 4.78 is 36.8. The molecule has 0 unspecified atom stereocenters. The normalized spacial score (nSPS) is 15.4. The number of halogens is 3. The van der Waals surface area contributed by atoms with Crippen LogP contribution in [0, 0.1) is 0 Å². The molecule has 1 aromatic heterocycles. The molecule has 0 saturated heterocycles. The van der Waals surface area contributed by atoms with E-state index in [1.165, 1.54) is 6.07 Å². The molecule has 0 atom stereocenters. The summed E-state index contributed by atoms with van der Waals surface area (Å²) in [5, 5.41) is 8.79. The molecule has 0 aromatic carbocycles. The first-order valence-corrected chi connectivity index (χ1v) is 5.81. The first-order valence-electron chi connectivity index (χ1n) is 5.00. The average molecular weight is 279 g/mol. The largest absolute Gasteiger partial charge is 0.477 e. The number of fused-ring (bicyclic) bond motifs is 1. The maximum absolute atomic E-state index is 12.3. The van der Waals surface area contributed by atoms with Crippen molar-refractivity contribution in [1.29, 1.82) is 0 Å². The minimum Gasteiger partial charge on any atom is -0.477 e. The molecule has 1 aromatic rings. The van der Waals surface area contributed by atoms with Gasteiger partial charge in [-0.25, -0.2) is 4.79 Å². The van der Waals surface area contributed by atoms with Gasteiger partial charge in [0, 0.05) is 11.4 Å². The molecular formula is C10H8F3NO3S. The van der Waals surface area contributed by atoms with Crippen molar-refractivity contribution in [3.05, 3.63) is 21.4 Å². The van der Waals surface area contributed by atoms with Crippen molar-refractivity contribution in [2.45, 2.75) is 19.1 Å². The number of rotatable bonds is 1. The molecule has 4 nitrogen and oxygen atoms in total. The smallest absolute Gasteiger partial charge is 0.471 e. The number of alkyl halides is 3. The second-order valence-electron chi connectivity index (χ2n) is 3.84. The lowest BCUT2D eigenvalue weighted by Crippen LogP contribution is -2.43. The zero-order valence-electron chi connectivity index (χ0n) is 8.95. The number of aromatic carboxylic acids is 1. The number of thiophene rings is 1. The fourth-order valence-corrected chi connectivity index (χ4v) is 2.84. The van der Waals surface area contributed by atoms with Crippen LogP contribution in [-0.2, 0) is 17.8 Å². The summed E-state index contributed by atoms with van der Waals surface area (Å²) in [6.07, 6.45) is -4.63. The molecule has 2 rings (SSSR count). The van der Waals surface area contributed by atoms with Gasteiger partial charge in [0.1, 0.15) is 4.88 Å². The van der Waals surface area contributed by atoms with Gasteiger partial charge in [-0.3, -0.25) is 4.79 Å². The molecule has 1 aliphatic heterocycles. The lowest BCUT2D eigenvalue weighted by atomic mass is 10.1. The summed E-state index contributed by atoms with van der Waals surface area (Å²) in [4.78, 5) is 23.1. The third-order valence-corrected chi connectivity index (χ3v) is 3.77. The minimum atomic E-state index is -4.88. The number of hydrogen-bond donors (Lipinski definition) is 1. The molecule has 0 fully saturated rings. The molecular weight excluding hydrogens is 271 g/mol. The van der Waals surface area contributed by atoms with Gasteiger partial charge < -0.3 is 10.0 Å². The molecule has 18 heavy (non-hydrogen) atoms. The van der Waals surface area contributed by atoms with Gasteiger partial charge in [-0.05, 0) is 18.1 Å². The summed E-state index contributed by atoms with van der Waals surface area (Å²) in [5.41, 5.74) is 0.712. The van der Waals surface area contributed by atoms with E-state index in [1.54, 1.807) is 0 Å². The van der Waals surface area contributed by atoms with Crippen molar-refractivity contribution in [2.75, 3.05) is 6.54 Å². The molecule has 1 aliphatic rings. The number of carboxylic acids is 1. The molecule has 0 radical (unpaired) electrons. The Morgan fingerprint density at radius 3 is 2.61 bits per heavy atom. The Morgan fingerprint density at radius 2 is 2.06 bits per heavy atom. The van der Waals surface area contributed by atoms with Gasteiger partial charge in [0.05, 0.1) is 6.54 Å². The number of hydrogen-bond acceptors (Lipinski definition) is 3. The summed E-state index contributed by atoms with van der Waals surface area (Å²) in [7, 11) is 0. The molecule has 1 N–H and O–H groups in total. The molecule has 98 valence electrons. The highest BCUT2D eigenvalue weighted by Crippen LogP contribution is 2.30. The van der Waals surface area contributed by atoms with Crippen LogP contribution in [0.3, 0.4) is 0 Å². The van der Waals surface area contributed by atoms with Crippen molar-refractivity contribution in [3.8, 4) is 0 Å². The quantitative estimate of drug-likeness (QED) is 0.854. The number of carbonyl (C=O) groups excluding carboxylic acids is 1. The highest BCUT2D eigenvalue weighted by molar-refractivity contribution is 7.14. The van der Waals surface area contributed by atoms with Crippen molar-refractivity contribution in [3.63, 3.8) is 0 Å². The Kier molecular flexibility index (Phi) is 3.05. The minimum absolute atomic E-state index is 0.0405. The number of carboxylic acid groups (broad SMARTS) is 1. The summed E-state index contributed by atoms with van der Waals surface area (Å²) >= 11 is 0.914.